The van der Waals surface area contributed by atoms with Crippen LogP contribution < -0.4 is 15.0 Å². The SMILES string of the molecule is COC(=O)N[C@H]1CC(=O)N(c2ccc(OC)cc2)C1. The van der Waals surface area contributed by atoms with Crippen LogP contribution in [-0.2, 0) is 9.53 Å². The van der Waals surface area contributed by atoms with E-state index in [-0.39, 0.29) is 18.4 Å². The van der Waals surface area contributed by atoms with Gasteiger partial charge in [0.15, 0.2) is 0 Å². The van der Waals surface area contributed by atoms with E-state index in [0.717, 1.165) is 11.4 Å². The molecule has 102 valence electrons. The van der Waals surface area contributed by atoms with E-state index in [9.17, 15) is 9.59 Å². The number of ether oxygens (including phenoxy) is 2. The van der Waals surface area contributed by atoms with E-state index in [1.165, 1.54) is 7.11 Å². The molecular formula is C13H16N2O4. The molecule has 1 N–H and O–H groups in total. The second kappa shape index (κ2) is 5.60. The zero-order chi connectivity index (χ0) is 13.8. The summed E-state index contributed by atoms with van der Waals surface area (Å²) in [5, 5.41) is 2.63. The standard InChI is InChI=1S/C13H16N2O4/c1-18-11-5-3-10(4-6-11)15-8-9(7-12(15)16)14-13(17)19-2/h3-6,9H,7-8H2,1-2H3,(H,14,17)/t9-/m0/s1. The monoisotopic (exact) mass is 264 g/mol. The average Bonchev–Trinajstić information content (AvgIpc) is 2.79. The number of carbonyl (C=O) groups excluding carboxylic acids is 2. The first kappa shape index (κ1) is 13.2. The Balaban J connectivity index is 2.04. The molecule has 2 amide bonds. The number of alkyl carbamates (subject to hydrolysis) is 1. The Kier molecular flexibility index (Phi) is 3.89. The third-order valence-corrected chi connectivity index (χ3v) is 3.02. The summed E-state index contributed by atoms with van der Waals surface area (Å²) >= 11 is 0. The molecule has 1 aliphatic rings. The highest BCUT2D eigenvalue weighted by Crippen LogP contribution is 2.24. The lowest BCUT2D eigenvalue weighted by atomic mass is 10.2. The summed E-state index contributed by atoms with van der Waals surface area (Å²) in [6.45, 7) is 0.445. The van der Waals surface area contributed by atoms with Crippen LogP contribution in [0.4, 0.5) is 10.5 Å². The van der Waals surface area contributed by atoms with Crippen molar-refractivity contribution in [3.8, 4) is 5.75 Å². The van der Waals surface area contributed by atoms with Gasteiger partial charge in [-0.25, -0.2) is 4.79 Å². The summed E-state index contributed by atoms with van der Waals surface area (Å²) in [5.41, 5.74) is 0.792. The molecule has 1 aromatic rings. The van der Waals surface area contributed by atoms with Gasteiger partial charge in [0, 0.05) is 18.7 Å². The molecular weight excluding hydrogens is 248 g/mol. The van der Waals surface area contributed by atoms with E-state index in [1.807, 2.05) is 12.1 Å². The number of benzene rings is 1. The molecule has 1 aliphatic heterocycles. The minimum Gasteiger partial charge on any atom is -0.497 e. The summed E-state index contributed by atoms with van der Waals surface area (Å²) < 4.78 is 9.59. The lowest BCUT2D eigenvalue weighted by molar-refractivity contribution is -0.117. The number of amides is 2. The molecule has 0 saturated carbocycles. The van der Waals surface area contributed by atoms with Crippen LogP contribution in [0.1, 0.15) is 6.42 Å². The minimum atomic E-state index is -0.519. The van der Waals surface area contributed by atoms with E-state index in [0.29, 0.717) is 6.54 Å². The van der Waals surface area contributed by atoms with E-state index in [2.05, 4.69) is 10.1 Å². The Bertz CT molecular complexity index is 472. The third kappa shape index (κ3) is 2.96. The first-order valence-corrected chi connectivity index (χ1v) is 5.93. The molecule has 1 saturated heterocycles. The minimum absolute atomic E-state index is 0.0217. The van der Waals surface area contributed by atoms with Crippen molar-refractivity contribution in [1.29, 1.82) is 0 Å². The van der Waals surface area contributed by atoms with Gasteiger partial charge in [-0.15, -0.1) is 0 Å². The molecule has 19 heavy (non-hydrogen) atoms. The van der Waals surface area contributed by atoms with Gasteiger partial charge in [-0.2, -0.15) is 0 Å². The second-order valence-corrected chi connectivity index (χ2v) is 4.24. The molecule has 0 aromatic heterocycles. The van der Waals surface area contributed by atoms with Crippen molar-refractivity contribution < 1.29 is 19.1 Å². The molecule has 0 bridgehead atoms. The van der Waals surface area contributed by atoms with Crippen LogP contribution in [0, 0.1) is 0 Å². The van der Waals surface area contributed by atoms with Crippen molar-refractivity contribution in [2.24, 2.45) is 0 Å². The van der Waals surface area contributed by atoms with Crippen LogP contribution in [0.15, 0.2) is 24.3 Å². The number of rotatable bonds is 3. The van der Waals surface area contributed by atoms with Crippen molar-refractivity contribution in [2.75, 3.05) is 25.7 Å². The first-order chi connectivity index (χ1) is 9.13. The van der Waals surface area contributed by atoms with E-state index < -0.39 is 6.09 Å². The Hall–Kier alpha value is -2.24. The maximum Gasteiger partial charge on any atom is 0.407 e. The molecule has 1 fully saturated rings. The summed E-state index contributed by atoms with van der Waals surface area (Å²) in [6, 6.07) is 7.00. The van der Waals surface area contributed by atoms with Gasteiger partial charge < -0.3 is 19.7 Å². The van der Waals surface area contributed by atoms with Crippen LogP contribution in [0.2, 0.25) is 0 Å². The number of methoxy groups -OCH3 is 2. The van der Waals surface area contributed by atoms with Crippen LogP contribution in [0.3, 0.4) is 0 Å². The number of nitrogens with zero attached hydrogens (tertiary/aromatic N) is 1. The predicted molar refractivity (Wildman–Crippen MR) is 69.3 cm³/mol. The highest BCUT2D eigenvalue weighted by molar-refractivity contribution is 5.96. The summed E-state index contributed by atoms with van der Waals surface area (Å²) in [6.07, 6.45) is -0.240. The van der Waals surface area contributed by atoms with Gasteiger partial charge in [-0.05, 0) is 24.3 Å². The lowest BCUT2D eigenvalue weighted by Crippen LogP contribution is -2.37. The number of nitrogens with one attached hydrogen (secondary N) is 1. The van der Waals surface area contributed by atoms with E-state index in [4.69, 9.17) is 4.74 Å². The van der Waals surface area contributed by atoms with Crippen LogP contribution in [0.5, 0.6) is 5.75 Å². The molecule has 0 unspecified atom stereocenters. The van der Waals surface area contributed by atoms with Gasteiger partial charge in [0.05, 0.1) is 20.3 Å². The predicted octanol–water partition coefficient (Wildman–Crippen LogP) is 1.16. The Labute approximate surface area is 111 Å². The first-order valence-electron chi connectivity index (χ1n) is 5.93. The van der Waals surface area contributed by atoms with Gasteiger partial charge in [0.25, 0.3) is 0 Å². The zero-order valence-corrected chi connectivity index (χ0v) is 10.9. The summed E-state index contributed by atoms with van der Waals surface area (Å²) in [5.74, 6) is 0.714. The summed E-state index contributed by atoms with van der Waals surface area (Å²) in [7, 11) is 2.89. The van der Waals surface area contributed by atoms with Gasteiger partial charge in [0.1, 0.15) is 5.75 Å². The van der Waals surface area contributed by atoms with Crippen molar-refractivity contribution in [1.82, 2.24) is 5.32 Å². The van der Waals surface area contributed by atoms with Crippen molar-refractivity contribution in [2.45, 2.75) is 12.5 Å². The van der Waals surface area contributed by atoms with Gasteiger partial charge in [-0.3, -0.25) is 4.79 Å². The van der Waals surface area contributed by atoms with Gasteiger partial charge in [0.2, 0.25) is 5.91 Å². The van der Waals surface area contributed by atoms with Crippen molar-refractivity contribution in [3.05, 3.63) is 24.3 Å². The largest absolute Gasteiger partial charge is 0.497 e. The fraction of sp³-hybridized carbons (Fsp3) is 0.385. The molecule has 6 nitrogen and oxygen atoms in total. The zero-order valence-electron chi connectivity index (χ0n) is 10.9. The topological polar surface area (TPSA) is 67.9 Å². The lowest BCUT2D eigenvalue weighted by Gasteiger charge is -2.17. The van der Waals surface area contributed by atoms with Crippen LogP contribution >= 0.6 is 0 Å². The van der Waals surface area contributed by atoms with Gasteiger partial charge >= 0.3 is 6.09 Å². The molecule has 0 spiro atoms. The molecule has 2 rings (SSSR count). The molecule has 0 radical (unpaired) electrons. The van der Waals surface area contributed by atoms with Crippen LogP contribution in [-0.4, -0.2) is 38.8 Å². The second-order valence-electron chi connectivity index (χ2n) is 4.24. The maximum absolute atomic E-state index is 11.9. The maximum atomic E-state index is 11.9. The van der Waals surface area contributed by atoms with Gasteiger partial charge in [-0.1, -0.05) is 0 Å². The van der Waals surface area contributed by atoms with E-state index in [1.54, 1.807) is 24.1 Å². The normalized spacial score (nSPS) is 18.3. The summed E-state index contributed by atoms with van der Waals surface area (Å²) in [4.78, 5) is 24.7. The average molecular weight is 264 g/mol. The Morgan fingerprint density at radius 1 is 1.32 bits per heavy atom. The fourth-order valence-electron chi connectivity index (χ4n) is 2.04. The number of carbonyl (C=O) groups is 2. The number of anilines is 1. The third-order valence-electron chi connectivity index (χ3n) is 3.02. The highest BCUT2D eigenvalue weighted by Gasteiger charge is 2.31. The smallest absolute Gasteiger partial charge is 0.407 e. The fourth-order valence-corrected chi connectivity index (χ4v) is 2.04. The Morgan fingerprint density at radius 3 is 2.58 bits per heavy atom. The van der Waals surface area contributed by atoms with Crippen molar-refractivity contribution in [3.63, 3.8) is 0 Å². The quantitative estimate of drug-likeness (QED) is 0.889. The highest BCUT2D eigenvalue weighted by atomic mass is 16.5. The Morgan fingerprint density at radius 2 is 2.00 bits per heavy atom. The van der Waals surface area contributed by atoms with Crippen molar-refractivity contribution >= 4 is 17.7 Å². The molecule has 6 heteroatoms. The van der Waals surface area contributed by atoms with E-state index >= 15 is 0 Å². The molecule has 1 aromatic carbocycles. The van der Waals surface area contributed by atoms with Crippen LogP contribution in [0.25, 0.3) is 0 Å². The number of hydrogen-bond donors (Lipinski definition) is 1. The molecule has 1 atom stereocenters. The molecule has 0 aliphatic carbocycles. The number of hydrogen-bond acceptors (Lipinski definition) is 4. The molecule has 1 heterocycles.